The number of rotatable bonds is 2. The van der Waals surface area contributed by atoms with Gasteiger partial charge in [-0.1, -0.05) is 30.3 Å². The monoisotopic (exact) mass is 334 g/mol. The Morgan fingerprint density at radius 1 is 1.04 bits per heavy atom. The number of nitrogens with one attached hydrogen (secondary N) is 1. The second-order valence-electron chi connectivity index (χ2n) is 6.58. The molecule has 1 saturated heterocycles. The minimum absolute atomic E-state index is 0.0188. The first-order chi connectivity index (χ1) is 12.2. The highest BCUT2D eigenvalue weighted by Crippen LogP contribution is 2.29. The van der Waals surface area contributed by atoms with Gasteiger partial charge < -0.3 is 14.8 Å². The van der Waals surface area contributed by atoms with Crippen LogP contribution in [0.25, 0.3) is 11.0 Å². The van der Waals surface area contributed by atoms with Gasteiger partial charge >= 0.3 is 6.03 Å². The van der Waals surface area contributed by atoms with E-state index in [0.717, 1.165) is 43.0 Å². The number of likely N-dealkylation sites (tertiary alicyclic amines) is 1. The highest BCUT2D eigenvalue weighted by Gasteiger charge is 2.26. The lowest BCUT2D eigenvalue weighted by atomic mass is 9.96. The highest BCUT2D eigenvalue weighted by molar-refractivity contribution is 5.89. The number of aromatic nitrogens is 2. The number of imidazole rings is 1. The summed E-state index contributed by atoms with van der Waals surface area (Å²) in [6.07, 6.45) is 1.89. The minimum atomic E-state index is -0.0188. The summed E-state index contributed by atoms with van der Waals surface area (Å²) in [5, 5.41) is 2.97. The Hall–Kier alpha value is -2.82. The van der Waals surface area contributed by atoms with Crippen molar-refractivity contribution in [3.63, 3.8) is 0 Å². The average Bonchev–Trinajstić information content (AvgIpc) is 3.00. The maximum absolute atomic E-state index is 12.4. The van der Waals surface area contributed by atoms with Crippen LogP contribution in [-0.4, -0.2) is 33.6 Å². The summed E-state index contributed by atoms with van der Waals surface area (Å²) < 4.78 is 2.19. The van der Waals surface area contributed by atoms with E-state index in [1.54, 1.807) is 0 Å². The van der Waals surface area contributed by atoms with Crippen molar-refractivity contribution in [3.8, 4) is 0 Å². The molecule has 0 saturated carbocycles. The summed E-state index contributed by atoms with van der Waals surface area (Å²) in [6, 6.07) is 17.8. The standard InChI is InChI=1S/C20H22N4O/c1-23-18-10-6-5-9-17(18)22-19(23)15-11-13-24(14-12-15)20(25)21-16-7-3-2-4-8-16/h2-10,15H,11-14H2,1H3,(H,21,25). The largest absolute Gasteiger partial charge is 0.331 e. The van der Waals surface area contributed by atoms with E-state index in [0.29, 0.717) is 5.92 Å². The molecule has 0 unspecified atom stereocenters. The van der Waals surface area contributed by atoms with Crippen molar-refractivity contribution >= 4 is 22.8 Å². The quantitative estimate of drug-likeness (QED) is 0.770. The molecule has 0 spiro atoms. The van der Waals surface area contributed by atoms with Crippen molar-refractivity contribution in [1.29, 1.82) is 0 Å². The number of nitrogens with zero attached hydrogens (tertiary/aromatic N) is 3. The molecule has 3 aromatic rings. The predicted molar refractivity (Wildman–Crippen MR) is 99.7 cm³/mol. The van der Waals surface area contributed by atoms with Crippen molar-refractivity contribution < 1.29 is 4.79 Å². The molecule has 1 N–H and O–H groups in total. The van der Waals surface area contributed by atoms with E-state index < -0.39 is 0 Å². The SMILES string of the molecule is Cn1c(C2CCN(C(=O)Nc3ccccc3)CC2)nc2ccccc21. The molecule has 2 amide bonds. The number of para-hydroxylation sites is 3. The number of amides is 2. The lowest BCUT2D eigenvalue weighted by Crippen LogP contribution is -2.40. The zero-order chi connectivity index (χ0) is 17.2. The van der Waals surface area contributed by atoms with Gasteiger partial charge in [0.2, 0.25) is 0 Å². The van der Waals surface area contributed by atoms with Crippen LogP contribution in [0.5, 0.6) is 0 Å². The lowest BCUT2D eigenvalue weighted by molar-refractivity contribution is 0.193. The second kappa shape index (κ2) is 6.59. The number of carbonyl (C=O) groups is 1. The van der Waals surface area contributed by atoms with Crippen molar-refractivity contribution in [2.45, 2.75) is 18.8 Å². The molecule has 2 aromatic carbocycles. The molecule has 1 aliphatic heterocycles. The van der Waals surface area contributed by atoms with E-state index >= 15 is 0 Å². The smallest absolute Gasteiger partial charge is 0.321 e. The molecule has 25 heavy (non-hydrogen) atoms. The number of carbonyl (C=O) groups excluding carboxylic acids is 1. The predicted octanol–water partition coefficient (Wildman–Crippen LogP) is 3.98. The number of fused-ring (bicyclic) bond motifs is 1. The Morgan fingerprint density at radius 2 is 1.72 bits per heavy atom. The zero-order valence-electron chi connectivity index (χ0n) is 14.4. The van der Waals surface area contributed by atoms with Gasteiger partial charge in [0, 0.05) is 31.7 Å². The van der Waals surface area contributed by atoms with Crippen molar-refractivity contribution in [2.24, 2.45) is 7.05 Å². The summed E-state index contributed by atoms with van der Waals surface area (Å²) in [7, 11) is 2.08. The maximum atomic E-state index is 12.4. The van der Waals surface area contributed by atoms with Crippen LogP contribution in [0.15, 0.2) is 54.6 Å². The van der Waals surface area contributed by atoms with Crippen LogP contribution in [0.4, 0.5) is 10.5 Å². The third-order valence-electron chi connectivity index (χ3n) is 4.99. The van der Waals surface area contributed by atoms with Crippen LogP contribution in [0, 0.1) is 0 Å². The van der Waals surface area contributed by atoms with E-state index in [-0.39, 0.29) is 6.03 Å². The second-order valence-corrected chi connectivity index (χ2v) is 6.58. The normalized spacial score (nSPS) is 15.5. The van der Waals surface area contributed by atoms with Gasteiger partial charge in [-0.25, -0.2) is 9.78 Å². The Kier molecular flexibility index (Phi) is 4.14. The molecule has 4 rings (SSSR count). The topological polar surface area (TPSA) is 50.2 Å². The van der Waals surface area contributed by atoms with Crippen molar-refractivity contribution in [1.82, 2.24) is 14.5 Å². The number of benzene rings is 2. The number of anilines is 1. The zero-order valence-corrected chi connectivity index (χ0v) is 14.4. The Bertz CT molecular complexity index is 879. The van der Waals surface area contributed by atoms with Crippen LogP contribution < -0.4 is 5.32 Å². The summed E-state index contributed by atoms with van der Waals surface area (Å²) in [5.41, 5.74) is 3.05. The number of urea groups is 1. The third kappa shape index (κ3) is 3.09. The third-order valence-corrected chi connectivity index (χ3v) is 4.99. The van der Waals surface area contributed by atoms with Gasteiger partial charge in [0.1, 0.15) is 5.82 Å². The van der Waals surface area contributed by atoms with E-state index in [4.69, 9.17) is 4.98 Å². The number of hydrogen-bond donors (Lipinski definition) is 1. The van der Waals surface area contributed by atoms with Gasteiger partial charge in [-0.05, 0) is 37.1 Å². The lowest BCUT2D eigenvalue weighted by Gasteiger charge is -2.31. The van der Waals surface area contributed by atoms with Crippen LogP contribution >= 0.6 is 0 Å². The Balaban J connectivity index is 1.42. The summed E-state index contributed by atoms with van der Waals surface area (Å²) >= 11 is 0. The Morgan fingerprint density at radius 3 is 2.44 bits per heavy atom. The van der Waals surface area contributed by atoms with Crippen molar-refractivity contribution in [2.75, 3.05) is 18.4 Å². The molecule has 1 aromatic heterocycles. The Labute approximate surface area is 147 Å². The van der Waals surface area contributed by atoms with Gasteiger partial charge in [0.15, 0.2) is 0 Å². The number of piperidine rings is 1. The fraction of sp³-hybridized carbons (Fsp3) is 0.300. The van der Waals surface area contributed by atoms with Crippen molar-refractivity contribution in [3.05, 3.63) is 60.4 Å². The number of hydrogen-bond acceptors (Lipinski definition) is 2. The molecule has 0 aliphatic carbocycles. The van der Waals surface area contributed by atoms with Crippen LogP contribution in [0.1, 0.15) is 24.6 Å². The first kappa shape index (κ1) is 15.7. The summed E-state index contributed by atoms with van der Waals surface area (Å²) in [5.74, 6) is 1.53. The van der Waals surface area contributed by atoms with E-state index in [1.807, 2.05) is 47.4 Å². The molecule has 0 bridgehead atoms. The van der Waals surface area contributed by atoms with Gasteiger partial charge in [-0.3, -0.25) is 0 Å². The van der Waals surface area contributed by atoms with E-state index in [2.05, 4.69) is 29.1 Å². The molecule has 1 fully saturated rings. The minimum Gasteiger partial charge on any atom is -0.331 e. The van der Waals surface area contributed by atoms with Crippen LogP contribution in [-0.2, 0) is 7.05 Å². The molecular formula is C20H22N4O. The number of aryl methyl sites for hydroxylation is 1. The van der Waals surface area contributed by atoms with Gasteiger partial charge in [0.25, 0.3) is 0 Å². The van der Waals surface area contributed by atoms with Gasteiger partial charge in [0.05, 0.1) is 11.0 Å². The van der Waals surface area contributed by atoms with Gasteiger partial charge in [-0.15, -0.1) is 0 Å². The molecule has 5 heteroatoms. The molecule has 0 radical (unpaired) electrons. The molecule has 5 nitrogen and oxygen atoms in total. The fourth-order valence-corrected chi connectivity index (χ4v) is 3.59. The molecule has 1 aliphatic rings. The summed E-state index contributed by atoms with van der Waals surface area (Å²) in [4.78, 5) is 19.1. The maximum Gasteiger partial charge on any atom is 0.321 e. The van der Waals surface area contributed by atoms with Gasteiger partial charge in [-0.2, -0.15) is 0 Å². The summed E-state index contributed by atoms with van der Waals surface area (Å²) in [6.45, 7) is 1.51. The van der Waals surface area contributed by atoms with Crippen LogP contribution in [0.2, 0.25) is 0 Å². The highest BCUT2D eigenvalue weighted by atomic mass is 16.2. The molecular weight excluding hydrogens is 312 g/mol. The van der Waals surface area contributed by atoms with E-state index in [9.17, 15) is 4.79 Å². The first-order valence-corrected chi connectivity index (χ1v) is 8.75. The first-order valence-electron chi connectivity index (χ1n) is 8.75. The molecule has 2 heterocycles. The fourth-order valence-electron chi connectivity index (χ4n) is 3.59. The molecule has 0 atom stereocenters. The van der Waals surface area contributed by atoms with E-state index in [1.165, 1.54) is 5.52 Å². The average molecular weight is 334 g/mol. The molecule has 128 valence electrons. The van der Waals surface area contributed by atoms with Crippen LogP contribution in [0.3, 0.4) is 0 Å².